The molecule has 0 radical (unpaired) electrons. The lowest BCUT2D eigenvalue weighted by molar-refractivity contribution is -0.140. The van der Waals surface area contributed by atoms with Crippen molar-refractivity contribution in [2.45, 2.75) is 6.18 Å². The fourth-order valence-electron chi connectivity index (χ4n) is 1.13. The molecule has 0 bridgehead atoms. The number of alkyl halides is 3. The van der Waals surface area contributed by atoms with Crippen molar-refractivity contribution in [2.24, 2.45) is 0 Å². The summed E-state index contributed by atoms with van der Waals surface area (Å²) < 4.78 is 37.4. The number of halogens is 3. The lowest BCUT2D eigenvalue weighted by Gasteiger charge is -2.05. The van der Waals surface area contributed by atoms with Crippen LogP contribution in [-0.2, 0) is 6.18 Å². The molecule has 0 aromatic carbocycles. The average Bonchev–Trinajstić information content (AvgIpc) is 2.47. The van der Waals surface area contributed by atoms with E-state index in [0.717, 1.165) is 0 Å². The van der Waals surface area contributed by atoms with E-state index in [9.17, 15) is 13.2 Å². The van der Waals surface area contributed by atoms with Gasteiger partial charge in [0.1, 0.15) is 0 Å². The van der Waals surface area contributed by atoms with E-state index in [1.165, 1.54) is 18.3 Å². The van der Waals surface area contributed by atoms with Gasteiger partial charge in [-0.2, -0.15) is 17.9 Å². The molecule has 0 atom stereocenters. The molecular formula is C7H4F3N3O. The molecule has 7 heteroatoms. The normalized spacial score (nSPS) is 12.2. The molecule has 1 N–H and O–H groups in total. The summed E-state index contributed by atoms with van der Waals surface area (Å²) in [5.74, 6) is -0.208. The fraction of sp³-hybridized carbons (Fsp3) is 0.143. The summed E-state index contributed by atoms with van der Waals surface area (Å²) in [7, 11) is 0. The van der Waals surface area contributed by atoms with Gasteiger partial charge in [-0.1, -0.05) is 0 Å². The van der Waals surface area contributed by atoms with Crippen LogP contribution < -0.4 is 0 Å². The van der Waals surface area contributed by atoms with Crippen molar-refractivity contribution >= 4 is 0 Å². The molecule has 0 fully saturated rings. The number of rotatable bonds is 0. The van der Waals surface area contributed by atoms with Gasteiger partial charge in [-0.05, 0) is 12.1 Å². The Labute approximate surface area is 75.9 Å². The van der Waals surface area contributed by atoms with Crippen LogP contribution >= 0.6 is 0 Å². The van der Waals surface area contributed by atoms with Gasteiger partial charge in [0.05, 0.1) is 5.56 Å². The van der Waals surface area contributed by atoms with E-state index in [1.54, 1.807) is 0 Å². The van der Waals surface area contributed by atoms with E-state index in [4.69, 9.17) is 5.21 Å². The second kappa shape index (κ2) is 2.60. The van der Waals surface area contributed by atoms with E-state index in [-0.39, 0.29) is 11.4 Å². The third-order valence-electron chi connectivity index (χ3n) is 1.72. The van der Waals surface area contributed by atoms with Crippen molar-refractivity contribution in [3.63, 3.8) is 0 Å². The highest BCUT2D eigenvalue weighted by Gasteiger charge is 2.38. The van der Waals surface area contributed by atoms with Crippen molar-refractivity contribution in [1.29, 1.82) is 0 Å². The van der Waals surface area contributed by atoms with Gasteiger partial charge in [0.2, 0.25) is 0 Å². The molecule has 0 spiro atoms. The minimum atomic E-state index is -4.55. The topological polar surface area (TPSA) is 50.9 Å². The van der Waals surface area contributed by atoms with Gasteiger partial charge in [0.15, 0.2) is 11.5 Å². The number of fused-ring (bicyclic) bond motifs is 1. The summed E-state index contributed by atoms with van der Waals surface area (Å²) in [4.78, 5) is 0. The van der Waals surface area contributed by atoms with Crippen LogP contribution in [0.25, 0.3) is 11.4 Å². The second-order valence-electron chi connectivity index (χ2n) is 2.64. The highest BCUT2D eigenvalue weighted by Crippen LogP contribution is 2.35. The van der Waals surface area contributed by atoms with Crippen LogP contribution in [0.3, 0.4) is 0 Å². The molecule has 2 rings (SSSR count). The maximum atomic E-state index is 12.3. The zero-order valence-corrected chi connectivity index (χ0v) is 6.65. The fourth-order valence-corrected chi connectivity index (χ4v) is 1.13. The minimum Gasteiger partial charge on any atom is -0.427 e. The van der Waals surface area contributed by atoms with Crippen LogP contribution in [0.15, 0.2) is 18.3 Å². The average molecular weight is 203 g/mol. The molecule has 74 valence electrons. The Morgan fingerprint density at radius 1 is 1.29 bits per heavy atom. The third kappa shape index (κ3) is 1.17. The molecule has 0 aromatic rings. The van der Waals surface area contributed by atoms with E-state index in [0.29, 0.717) is 4.73 Å². The molecule has 0 aliphatic carbocycles. The summed E-state index contributed by atoms with van der Waals surface area (Å²) in [5, 5.41) is 15.3. The summed E-state index contributed by atoms with van der Waals surface area (Å²) >= 11 is 0. The standard InChI is InChI=1S/C7H4F3N3O/c8-7(9,10)5-4-2-1-3-13(14)6(4)12-11-5/h1-3,14H. The monoisotopic (exact) mass is 203 g/mol. The van der Waals surface area contributed by atoms with Crippen LogP contribution in [0.4, 0.5) is 13.2 Å². The van der Waals surface area contributed by atoms with Crippen LogP contribution in [0.5, 0.6) is 0 Å². The molecule has 0 saturated heterocycles. The van der Waals surface area contributed by atoms with E-state index in [1.807, 2.05) is 0 Å². The second-order valence-corrected chi connectivity index (χ2v) is 2.64. The van der Waals surface area contributed by atoms with Crippen molar-refractivity contribution in [1.82, 2.24) is 14.9 Å². The molecule has 2 aliphatic rings. The first-order chi connectivity index (χ1) is 6.50. The summed E-state index contributed by atoms with van der Waals surface area (Å²) in [5.41, 5.74) is -1.31. The first-order valence-corrected chi connectivity index (χ1v) is 3.60. The van der Waals surface area contributed by atoms with Crippen molar-refractivity contribution in [3.05, 3.63) is 24.0 Å². The van der Waals surface area contributed by atoms with Crippen molar-refractivity contribution < 1.29 is 18.4 Å². The molecule has 0 unspecified atom stereocenters. The lowest BCUT2D eigenvalue weighted by atomic mass is 10.2. The molecule has 4 nitrogen and oxygen atoms in total. The molecule has 0 aromatic heterocycles. The molecule has 0 amide bonds. The van der Waals surface area contributed by atoms with Gasteiger partial charge < -0.3 is 5.21 Å². The van der Waals surface area contributed by atoms with Crippen molar-refractivity contribution in [3.8, 4) is 11.4 Å². The maximum Gasteiger partial charge on any atom is 0.435 e. The van der Waals surface area contributed by atoms with Crippen LogP contribution in [0.1, 0.15) is 5.69 Å². The van der Waals surface area contributed by atoms with Gasteiger partial charge in [-0.15, -0.1) is 10.2 Å². The molecule has 2 aliphatic heterocycles. The van der Waals surface area contributed by atoms with Gasteiger partial charge in [-0.25, -0.2) is 0 Å². The number of hydrogen-bond acceptors (Lipinski definition) is 3. The summed E-state index contributed by atoms with van der Waals surface area (Å²) in [6.07, 6.45) is -3.37. The lowest BCUT2D eigenvalue weighted by Crippen LogP contribution is -2.07. The Morgan fingerprint density at radius 2 is 2.00 bits per heavy atom. The minimum absolute atomic E-state index is 0.208. The van der Waals surface area contributed by atoms with Crippen LogP contribution in [-0.4, -0.2) is 20.1 Å². The predicted molar refractivity (Wildman–Crippen MR) is 38.8 cm³/mol. The molecular weight excluding hydrogens is 199 g/mol. The van der Waals surface area contributed by atoms with Gasteiger partial charge in [-0.3, -0.25) is 0 Å². The smallest absolute Gasteiger partial charge is 0.427 e. The third-order valence-corrected chi connectivity index (χ3v) is 1.72. The van der Waals surface area contributed by atoms with Crippen LogP contribution in [0.2, 0.25) is 0 Å². The molecule has 0 saturated carbocycles. The van der Waals surface area contributed by atoms with Gasteiger partial charge in [0.25, 0.3) is 0 Å². The highest BCUT2D eigenvalue weighted by molar-refractivity contribution is 5.60. The zero-order valence-electron chi connectivity index (χ0n) is 6.65. The van der Waals surface area contributed by atoms with E-state index < -0.39 is 11.9 Å². The van der Waals surface area contributed by atoms with Crippen molar-refractivity contribution in [2.75, 3.05) is 0 Å². The Balaban J connectivity index is 2.65. The van der Waals surface area contributed by atoms with E-state index >= 15 is 0 Å². The van der Waals surface area contributed by atoms with Gasteiger partial charge in [0, 0.05) is 6.20 Å². The SMILES string of the molecule is On1cccc2c(C(F)(F)F)nnc1-2. The number of aromatic nitrogens is 3. The largest absolute Gasteiger partial charge is 0.435 e. The Morgan fingerprint density at radius 3 is 2.64 bits per heavy atom. The highest BCUT2D eigenvalue weighted by atomic mass is 19.4. The van der Waals surface area contributed by atoms with Crippen LogP contribution in [0, 0.1) is 0 Å². The number of hydrogen-bond donors (Lipinski definition) is 1. The van der Waals surface area contributed by atoms with E-state index in [2.05, 4.69) is 10.2 Å². The quantitative estimate of drug-likeness (QED) is 0.662. The predicted octanol–water partition coefficient (Wildman–Crippen LogP) is 1.64. The first kappa shape index (κ1) is 8.79. The first-order valence-electron chi connectivity index (χ1n) is 3.60. The number of nitrogens with zero attached hydrogens (tertiary/aromatic N) is 3. The summed E-state index contributed by atoms with van der Waals surface area (Å²) in [6.45, 7) is 0. The zero-order chi connectivity index (χ0) is 10.3. The summed E-state index contributed by atoms with van der Waals surface area (Å²) in [6, 6.07) is 2.48. The molecule has 14 heavy (non-hydrogen) atoms. The molecule has 2 heterocycles. The Bertz CT molecular complexity index is 437. The Kier molecular flexibility index (Phi) is 1.63. The maximum absolute atomic E-state index is 12.3. The Hall–Kier alpha value is -1.79. The number of pyridine rings is 1. The van der Waals surface area contributed by atoms with Gasteiger partial charge >= 0.3 is 6.18 Å².